The van der Waals surface area contributed by atoms with Crippen molar-refractivity contribution in [2.75, 3.05) is 145 Å². The van der Waals surface area contributed by atoms with Gasteiger partial charge in [0.2, 0.25) is 0 Å². The van der Waals surface area contributed by atoms with Crippen LogP contribution in [0.5, 0.6) is 0 Å². The fraction of sp³-hybridized carbons (Fsp3) is 0.359. The second kappa shape index (κ2) is 44.7. The summed E-state index contributed by atoms with van der Waals surface area (Å²) < 4.78 is 44.1. The van der Waals surface area contributed by atoms with Gasteiger partial charge < -0.3 is 72.8 Å². The number of rotatable bonds is 4. The van der Waals surface area contributed by atoms with E-state index in [0.29, 0.717) is 79.3 Å². The van der Waals surface area contributed by atoms with Crippen LogP contribution in [-0.2, 0) is 55.0 Å². The van der Waals surface area contributed by atoms with Crippen LogP contribution in [0.15, 0.2) is 195 Å². The molecule has 10 aromatic rings. The number of hydrogen-bond donors (Lipinski definition) is 1. The van der Waals surface area contributed by atoms with Crippen LogP contribution >= 0.6 is 0 Å². The smallest absolute Gasteiger partial charge is 0.628 e. The molecule has 4 aromatic carbocycles. The zero-order valence-corrected chi connectivity index (χ0v) is 61.2. The van der Waals surface area contributed by atoms with Crippen LogP contribution in [0.2, 0.25) is 0 Å². The number of hydrogen-bond acceptors (Lipinski definition) is 12. The Morgan fingerprint density at radius 3 is 0.745 bits per heavy atom. The van der Waals surface area contributed by atoms with E-state index in [1.54, 1.807) is 24.8 Å². The van der Waals surface area contributed by atoms with E-state index in [-0.39, 0.29) is 68.5 Å². The summed E-state index contributed by atoms with van der Waals surface area (Å²) in [5, 5.41) is 0. The summed E-state index contributed by atoms with van der Waals surface area (Å²) in [7, 11) is 0. The van der Waals surface area contributed by atoms with Gasteiger partial charge in [-0.15, -0.1) is 0 Å². The predicted molar refractivity (Wildman–Crippen MR) is 371 cm³/mol. The van der Waals surface area contributed by atoms with Crippen molar-refractivity contribution in [3.8, 4) is 0 Å². The minimum atomic E-state index is 0. The average molecular weight is 1390 g/mol. The Kier molecular flexibility index (Phi) is 35.3. The van der Waals surface area contributed by atoms with Crippen LogP contribution in [0.25, 0.3) is 0 Å². The molecule has 0 radical (unpaired) electrons. The van der Waals surface area contributed by atoms with E-state index < -0.39 is 0 Å². The summed E-state index contributed by atoms with van der Waals surface area (Å²) in [5.41, 5.74) is 11.1. The maximum Gasteiger partial charge on any atom is 1.00 e. The summed E-state index contributed by atoms with van der Waals surface area (Å²) in [6.07, 6.45) is 12.0. The molecule has 6 aliphatic heterocycles. The maximum atomic E-state index is 5.70. The number of ether oxygens (including phenoxy) is 8. The van der Waals surface area contributed by atoms with Gasteiger partial charge in [0, 0.05) is 216 Å². The molecule has 510 valence electrons. The third kappa shape index (κ3) is 25.4. The molecule has 6 aromatic heterocycles. The molecule has 1 N–H and O–H groups in total. The van der Waals surface area contributed by atoms with Crippen LogP contribution in [0.1, 0.15) is 105 Å². The van der Waals surface area contributed by atoms with Crippen molar-refractivity contribution in [1.29, 1.82) is 0 Å². The minimum Gasteiger partial charge on any atom is -0.628 e. The van der Waals surface area contributed by atoms with Gasteiger partial charge in [0.25, 0.3) is 0 Å². The molecule has 0 unspecified atom stereocenters. The Balaban J connectivity index is 0.000000202. The summed E-state index contributed by atoms with van der Waals surface area (Å²) in [6.45, 7) is 21.0. The van der Waals surface area contributed by atoms with E-state index in [1.807, 2.05) is 38.1 Å². The second-order valence-corrected chi connectivity index (χ2v) is 23.1. The molecule has 5 fully saturated rings. The van der Waals surface area contributed by atoms with Crippen molar-refractivity contribution in [1.82, 2.24) is 49.7 Å². The third-order valence-electron chi connectivity index (χ3n) is 16.2. The normalized spacial score (nSPS) is 17.9. The van der Waals surface area contributed by atoms with E-state index in [1.165, 1.54) is 25.7 Å². The third-order valence-corrected chi connectivity index (χ3v) is 16.2. The SMILES string of the molecule is C1CCOC1.C1CCOC1.C1COCCN2CCOCCOCCN(CCO1)CCOCCOCC2.Cc1ncc[n-]1.Cc1ncc[nH]1.[Fe].[K+].c1ccc([C+]2c3ccc([n-]3)[C+](c3ccccc3)c3ccc([n-]3)[C+](c3ccccc3)c3ccc([n-]3)[C+](c3ccccc3)c3ccc2[n-]3)cc1. The van der Waals surface area contributed by atoms with E-state index in [2.05, 4.69) is 175 Å². The number of nitrogens with one attached hydrogen (secondary N) is 1. The van der Waals surface area contributed by atoms with Crippen LogP contribution in [0, 0.1) is 37.5 Å². The van der Waals surface area contributed by atoms with E-state index in [0.717, 1.165) is 169 Å². The molecule has 6 aliphatic rings. The first kappa shape index (κ1) is 77.4. The van der Waals surface area contributed by atoms with Gasteiger partial charge in [0.1, 0.15) is 5.82 Å². The van der Waals surface area contributed by atoms with Gasteiger partial charge in [0.15, 0.2) is 0 Å². The first-order valence-electron chi connectivity index (χ1n) is 33.7. The summed E-state index contributed by atoms with van der Waals surface area (Å²) in [4.78, 5) is 40.2. The van der Waals surface area contributed by atoms with E-state index in [9.17, 15) is 0 Å². The molecule has 98 heavy (non-hydrogen) atoms. The number of nitrogens with zero attached hydrogens (tertiary/aromatic N) is 9. The second-order valence-electron chi connectivity index (χ2n) is 23.1. The number of aryl methyl sites for hydroxylation is 2. The number of H-pyrrole nitrogens is 1. The maximum absolute atomic E-state index is 5.70. The van der Waals surface area contributed by atoms with Crippen LogP contribution < -0.4 is 76.3 Å². The first-order chi connectivity index (χ1) is 47.5. The first-order valence-corrected chi connectivity index (χ1v) is 33.7. The molecule has 10 bridgehead atoms. The number of benzene rings is 4. The predicted octanol–water partition coefficient (Wildman–Crippen LogP) is 7.28. The topological polar surface area (TPSA) is 192 Å². The van der Waals surface area contributed by atoms with Crippen molar-refractivity contribution < 1.29 is 106 Å². The molecule has 0 aliphatic carbocycles. The molecule has 0 saturated carbocycles. The van der Waals surface area contributed by atoms with E-state index >= 15 is 0 Å². The van der Waals surface area contributed by atoms with Gasteiger partial charge in [-0.3, -0.25) is 9.80 Å². The van der Waals surface area contributed by atoms with Crippen molar-refractivity contribution in [2.24, 2.45) is 0 Å². The van der Waals surface area contributed by atoms with Crippen LogP contribution in [-0.4, -0.2) is 170 Å². The molecule has 12 heterocycles. The Hall–Kier alpha value is -6.34. The van der Waals surface area contributed by atoms with Crippen molar-refractivity contribution >= 4 is 0 Å². The summed E-state index contributed by atoms with van der Waals surface area (Å²) in [6, 6.07) is 58.4. The zero-order chi connectivity index (χ0) is 65.9. The van der Waals surface area contributed by atoms with Crippen molar-refractivity contribution in [3.05, 3.63) is 298 Å². The zero-order valence-electron chi connectivity index (χ0n) is 57.0. The monoisotopic (exact) mass is 1390 g/mol. The number of aromatic amines is 1. The molecule has 5 saturated heterocycles. The molecule has 18 nitrogen and oxygen atoms in total. The fourth-order valence-corrected chi connectivity index (χ4v) is 11.2. The quantitative estimate of drug-likeness (QED) is 0.136. The number of aromatic nitrogens is 8. The molecule has 0 atom stereocenters. The minimum absolute atomic E-state index is 0. The largest absolute Gasteiger partial charge is 1.00 e. The van der Waals surface area contributed by atoms with Crippen LogP contribution in [0.4, 0.5) is 0 Å². The molecule has 0 spiro atoms. The molecule has 16 rings (SSSR count). The van der Waals surface area contributed by atoms with E-state index in [4.69, 9.17) is 57.8 Å². The van der Waals surface area contributed by atoms with Crippen molar-refractivity contribution in [2.45, 2.75) is 39.5 Å². The molecule has 0 amide bonds. The Morgan fingerprint density at radius 1 is 0.327 bits per heavy atom. The summed E-state index contributed by atoms with van der Waals surface area (Å²) >= 11 is 0. The van der Waals surface area contributed by atoms with Gasteiger partial charge in [0.05, 0.1) is 102 Å². The molecular weight excluding hydrogens is 1300 g/mol. The van der Waals surface area contributed by atoms with Gasteiger partial charge in [-0.25, -0.2) is 4.98 Å². The molecular formula is C78H91FeKN10O8. The fourth-order valence-electron chi connectivity index (χ4n) is 11.2. The van der Waals surface area contributed by atoms with Crippen molar-refractivity contribution in [3.63, 3.8) is 0 Å². The summed E-state index contributed by atoms with van der Waals surface area (Å²) in [5.74, 6) is 5.73. The molecule has 20 heteroatoms. The standard InChI is InChI=1S/C44H28N4.C18H36N2O6.C4H6N2.C4H5N2.2C4H8O.Fe.K/c1-5-13-29(14-6-1)41-33-21-23-35(45-33)42(30-15-7-2-8-16-30)37-25-27-39(47-37)44(32-19-11-4-12-20-32)40-28-26-38(48-40)43(31-17-9-3-10-18-31)36-24-22-34(41)46-36;1-7-21-13-14-24-10-4-20-5-11-25-17-15-22-8-2-19(1)3-9-23-16-18-26-12-6-20;2*1-4-5-2-3-6-4;2*1-2-4-5-3-1;;/h1-28H;1-18H2;2-3H,1H3,(H,5,6);2-3H,1H3;2*1-4H2;;/q;;;-1;;;;+1. The Bertz CT molecular complexity index is 3050. The Labute approximate surface area is 632 Å². The van der Waals surface area contributed by atoms with Gasteiger partial charge >= 0.3 is 51.4 Å². The van der Waals surface area contributed by atoms with Gasteiger partial charge in [-0.05, 0) is 158 Å². The van der Waals surface area contributed by atoms with Crippen LogP contribution in [0.3, 0.4) is 0 Å². The number of fused-ring (bicyclic) bond motifs is 29. The average Bonchev–Trinajstić information content (AvgIpc) is 1.61. The van der Waals surface area contributed by atoms with Gasteiger partial charge in [-0.1, -0.05) is 18.2 Å². The van der Waals surface area contributed by atoms with Gasteiger partial charge in [-0.2, -0.15) is 0 Å². The Morgan fingerprint density at radius 2 is 0.582 bits per heavy atom. The number of imidazole rings is 2.